The van der Waals surface area contributed by atoms with Crippen LogP contribution in [-0.2, 0) is 23.1 Å². The predicted octanol–water partition coefficient (Wildman–Crippen LogP) is 0.482. The van der Waals surface area contributed by atoms with Gasteiger partial charge in [-0.1, -0.05) is 0 Å². The lowest BCUT2D eigenvalue weighted by Gasteiger charge is -2.55. The number of rotatable bonds is 5. The molecule has 3 fully saturated rings. The van der Waals surface area contributed by atoms with Crippen molar-refractivity contribution in [2.75, 3.05) is 46.9 Å². The third-order valence-corrected chi connectivity index (χ3v) is 5.90. The topological polar surface area (TPSA) is 53.8 Å². The summed E-state index contributed by atoms with van der Waals surface area (Å²) in [6.45, 7) is 7.23. The SMILES string of the molecule is Cc1cc(CN2CC3(C2)CN(CC2CC2)[C@@H](C(=O)N(C)C)CO3)n(C)n1. The quantitative estimate of drug-likeness (QED) is 0.764. The number of carbonyl (C=O) groups excluding carboxylic acids is 1. The number of aromatic nitrogens is 2. The van der Waals surface area contributed by atoms with Crippen LogP contribution in [0.1, 0.15) is 24.2 Å². The first-order chi connectivity index (χ1) is 12.3. The summed E-state index contributed by atoms with van der Waals surface area (Å²) in [4.78, 5) is 19.1. The van der Waals surface area contributed by atoms with E-state index in [2.05, 4.69) is 21.0 Å². The molecule has 2 aliphatic heterocycles. The average molecular weight is 361 g/mol. The van der Waals surface area contributed by atoms with Gasteiger partial charge < -0.3 is 9.64 Å². The smallest absolute Gasteiger partial charge is 0.241 e. The molecule has 1 saturated carbocycles. The Labute approximate surface area is 155 Å². The molecule has 1 amide bonds. The molecule has 1 aliphatic carbocycles. The summed E-state index contributed by atoms with van der Waals surface area (Å²) in [5.74, 6) is 0.943. The number of ether oxygens (including phenoxy) is 1. The molecule has 4 rings (SSSR count). The minimum Gasteiger partial charge on any atom is -0.369 e. The fraction of sp³-hybridized carbons (Fsp3) is 0.789. The molecule has 7 heteroatoms. The van der Waals surface area contributed by atoms with E-state index in [0.717, 1.165) is 44.3 Å². The Morgan fingerprint density at radius 2 is 2.08 bits per heavy atom. The van der Waals surface area contributed by atoms with E-state index < -0.39 is 0 Å². The van der Waals surface area contributed by atoms with Crippen molar-refractivity contribution in [1.29, 1.82) is 0 Å². The van der Waals surface area contributed by atoms with E-state index in [1.807, 2.05) is 32.7 Å². The largest absolute Gasteiger partial charge is 0.369 e. The number of morpholine rings is 1. The van der Waals surface area contributed by atoms with Crippen molar-refractivity contribution in [3.8, 4) is 0 Å². The molecule has 0 N–H and O–H groups in total. The minimum atomic E-state index is -0.120. The lowest BCUT2D eigenvalue weighted by molar-refractivity contribution is -0.205. The zero-order valence-corrected chi connectivity index (χ0v) is 16.4. The molecule has 0 unspecified atom stereocenters. The van der Waals surface area contributed by atoms with E-state index in [-0.39, 0.29) is 17.6 Å². The Bertz CT molecular complexity index is 675. The lowest BCUT2D eigenvalue weighted by atomic mass is 9.90. The molecule has 1 spiro atoms. The molecule has 1 aromatic heterocycles. The van der Waals surface area contributed by atoms with Crippen molar-refractivity contribution in [2.24, 2.45) is 13.0 Å². The summed E-state index contributed by atoms with van der Waals surface area (Å²) in [7, 11) is 5.68. The Morgan fingerprint density at radius 3 is 2.65 bits per heavy atom. The number of carbonyl (C=O) groups is 1. The van der Waals surface area contributed by atoms with Gasteiger partial charge in [0.2, 0.25) is 5.91 Å². The highest BCUT2D eigenvalue weighted by Crippen LogP contribution is 2.36. The minimum absolute atomic E-state index is 0.106. The van der Waals surface area contributed by atoms with E-state index in [1.54, 1.807) is 4.90 Å². The van der Waals surface area contributed by atoms with Crippen molar-refractivity contribution in [2.45, 2.75) is 38.0 Å². The zero-order valence-electron chi connectivity index (χ0n) is 16.4. The number of hydrogen-bond acceptors (Lipinski definition) is 5. The van der Waals surface area contributed by atoms with E-state index >= 15 is 0 Å². The van der Waals surface area contributed by atoms with Crippen molar-refractivity contribution in [3.63, 3.8) is 0 Å². The Balaban J connectivity index is 1.38. The molecule has 1 atom stereocenters. The van der Waals surface area contributed by atoms with Crippen LogP contribution < -0.4 is 0 Å². The molecule has 1 aromatic rings. The van der Waals surface area contributed by atoms with Crippen LogP contribution in [0.3, 0.4) is 0 Å². The zero-order chi connectivity index (χ0) is 18.5. The van der Waals surface area contributed by atoms with E-state index in [9.17, 15) is 4.79 Å². The van der Waals surface area contributed by atoms with Crippen LogP contribution in [0, 0.1) is 12.8 Å². The van der Waals surface area contributed by atoms with Gasteiger partial charge in [-0.3, -0.25) is 19.3 Å². The molecule has 0 bridgehead atoms. The second kappa shape index (κ2) is 6.62. The second-order valence-corrected chi connectivity index (χ2v) is 8.66. The standard InChI is InChI=1S/C19H31N5O2/c1-14-7-16(22(4)20-14)9-23-11-19(12-23)13-24(8-15-5-6-15)17(10-26-19)18(25)21(2)3/h7,15,17H,5-6,8-13H2,1-4H3/t17-/m1/s1. The van der Waals surface area contributed by atoms with Crippen molar-refractivity contribution in [3.05, 3.63) is 17.5 Å². The summed E-state index contributed by atoms with van der Waals surface area (Å²) in [6.07, 6.45) is 2.61. The highest BCUT2D eigenvalue weighted by Gasteiger charge is 2.51. The van der Waals surface area contributed by atoms with Crippen LogP contribution in [0.4, 0.5) is 0 Å². The van der Waals surface area contributed by atoms with Gasteiger partial charge in [0.1, 0.15) is 11.6 Å². The summed E-state index contributed by atoms with van der Waals surface area (Å²) in [5.41, 5.74) is 2.20. The van der Waals surface area contributed by atoms with Gasteiger partial charge in [-0.15, -0.1) is 0 Å². The van der Waals surface area contributed by atoms with Crippen LogP contribution in [0.25, 0.3) is 0 Å². The van der Waals surface area contributed by atoms with Gasteiger partial charge in [0.05, 0.1) is 18.0 Å². The van der Waals surface area contributed by atoms with Crippen molar-refractivity contribution >= 4 is 5.91 Å². The van der Waals surface area contributed by atoms with Crippen molar-refractivity contribution in [1.82, 2.24) is 24.5 Å². The summed E-state index contributed by atoms with van der Waals surface area (Å²) >= 11 is 0. The number of nitrogens with zero attached hydrogens (tertiary/aromatic N) is 5. The first-order valence-electron chi connectivity index (χ1n) is 9.66. The summed E-state index contributed by atoms with van der Waals surface area (Å²) in [5, 5.41) is 4.43. The van der Waals surface area contributed by atoms with E-state index in [1.165, 1.54) is 18.5 Å². The highest BCUT2D eigenvalue weighted by atomic mass is 16.5. The van der Waals surface area contributed by atoms with E-state index in [0.29, 0.717) is 6.61 Å². The van der Waals surface area contributed by atoms with Gasteiger partial charge in [-0.05, 0) is 31.7 Å². The van der Waals surface area contributed by atoms with Gasteiger partial charge in [0.15, 0.2) is 0 Å². The number of likely N-dealkylation sites (N-methyl/N-ethyl adjacent to an activating group) is 1. The molecular formula is C19H31N5O2. The Morgan fingerprint density at radius 1 is 1.35 bits per heavy atom. The molecule has 3 heterocycles. The predicted molar refractivity (Wildman–Crippen MR) is 98.7 cm³/mol. The van der Waals surface area contributed by atoms with Crippen LogP contribution >= 0.6 is 0 Å². The van der Waals surface area contributed by atoms with Crippen LogP contribution in [0.15, 0.2) is 6.07 Å². The maximum Gasteiger partial charge on any atom is 0.241 e. The molecule has 2 saturated heterocycles. The van der Waals surface area contributed by atoms with Crippen molar-refractivity contribution < 1.29 is 9.53 Å². The second-order valence-electron chi connectivity index (χ2n) is 8.66. The molecular weight excluding hydrogens is 330 g/mol. The number of amides is 1. The number of likely N-dealkylation sites (tertiary alicyclic amines) is 1. The molecule has 26 heavy (non-hydrogen) atoms. The van der Waals surface area contributed by atoms with Gasteiger partial charge >= 0.3 is 0 Å². The third kappa shape index (κ3) is 3.52. The van der Waals surface area contributed by atoms with E-state index in [4.69, 9.17) is 4.74 Å². The molecule has 7 nitrogen and oxygen atoms in total. The molecule has 144 valence electrons. The molecule has 3 aliphatic rings. The average Bonchev–Trinajstić information content (AvgIpc) is 3.30. The fourth-order valence-electron chi connectivity index (χ4n) is 4.35. The van der Waals surface area contributed by atoms with Crippen LogP contribution in [-0.4, -0.2) is 88.9 Å². The summed E-state index contributed by atoms with van der Waals surface area (Å²) in [6, 6.07) is 2.03. The Hall–Kier alpha value is -1.44. The van der Waals surface area contributed by atoms with Gasteiger partial charge in [0.25, 0.3) is 0 Å². The maximum absolute atomic E-state index is 12.6. The van der Waals surface area contributed by atoms with Crippen LogP contribution in [0.2, 0.25) is 0 Å². The molecule has 0 radical (unpaired) electrons. The maximum atomic E-state index is 12.6. The van der Waals surface area contributed by atoms with Gasteiger partial charge in [0, 0.05) is 53.9 Å². The first kappa shape index (κ1) is 17.9. The lowest BCUT2D eigenvalue weighted by Crippen LogP contribution is -2.72. The van der Waals surface area contributed by atoms with Crippen LogP contribution in [0.5, 0.6) is 0 Å². The molecule has 0 aromatic carbocycles. The monoisotopic (exact) mass is 361 g/mol. The number of hydrogen-bond donors (Lipinski definition) is 0. The first-order valence-corrected chi connectivity index (χ1v) is 9.66. The fourth-order valence-corrected chi connectivity index (χ4v) is 4.35. The van der Waals surface area contributed by atoms with Gasteiger partial charge in [-0.25, -0.2) is 0 Å². The van der Waals surface area contributed by atoms with Gasteiger partial charge in [-0.2, -0.15) is 5.10 Å². The number of aryl methyl sites for hydroxylation is 2. The Kier molecular flexibility index (Phi) is 4.57. The highest BCUT2D eigenvalue weighted by molar-refractivity contribution is 5.81. The normalized spacial score (nSPS) is 26.1. The third-order valence-electron chi connectivity index (χ3n) is 5.90. The summed E-state index contributed by atoms with van der Waals surface area (Å²) < 4.78 is 8.23.